The zero-order valence-electron chi connectivity index (χ0n) is 17.2. The Morgan fingerprint density at radius 1 is 1.03 bits per heavy atom. The number of ether oxygens (including phenoxy) is 1. The summed E-state index contributed by atoms with van der Waals surface area (Å²) in [6.45, 7) is 4.53. The van der Waals surface area contributed by atoms with E-state index in [0.717, 1.165) is 31.7 Å². The normalized spacial score (nSPS) is 15.0. The average Bonchev–Trinajstić information content (AvgIpc) is 2.72. The van der Waals surface area contributed by atoms with E-state index in [0.29, 0.717) is 17.5 Å². The number of pyridine rings is 2. The fourth-order valence-corrected chi connectivity index (χ4v) is 3.75. The summed E-state index contributed by atoms with van der Waals surface area (Å²) >= 11 is 0. The van der Waals surface area contributed by atoms with Crippen LogP contribution >= 0.6 is 0 Å². The van der Waals surface area contributed by atoms with Crippen molar-refractivity contribution in [3.05, 3.63) is 49.1 Å². The fourth-order valence-electron chi connectivity index (χ4n) is 2.97. The van der Waals surface area contributed by atoms with Crippen LogP contribution in [-0.4, -0.2) is 54.4 Å². The van der Waals surface area contributed by atoms with Crippen LogP contribution in [0, 0.1) is 5.41 Å². The molecule has 1 aliphatic heterocycles. The highest BCUT2D eigenvalue weighted by atomic mass is 32.2. The Hall–Kier alpha value is -3.31. The Morgan fingerprint density at radius 2 is 1.81 bits per heavy atom. The summed E-state index contributed by atoms with van der Waals surface area (Å²) in [5.41, 5.74) is 1.10. The summed E-state index contributed by atoms with van der Waals surface area (Å²) in [4.78, 5) is 16.9. The van der Waals surface area contributed by atoms with Crippen molar-refractivity contribution in [3.63, 3.8) is 0 Å². The standard InChI is InChI=1S/C20H23N7O3S/c1-20(11-30-12-20)10-23-14-5-6-16(22-9-14)26-17-8-18(25-13-24-17)27-19-15(31(2,28)29)4-3-7-21-19/h3-9,13,23H,10-12H2,1-2H3,(H2,21,22,24,25,26,27). The van der Waals surface area contributed by atoms with Gasteiger partial charge in [-0.2, -0.15) is 0 Å². The zero-order chi connectivity index (χ0) is 21.9. The second-order valence-corrected chi connectivity index (χ2v) is 9.73. The second kappa shape index (κ2) is 8.44. The van der Waals surface area contributed by atoms with Gasteiger partial charge in [-0.05, 0) is 24.3 Å². The molecule has 4 heterocycles. The molecule has 10 nitrogen and oxygen atoms in total. The molecule has 3 aromatic heterocycles. The number of hydrogen-bond donors (Lipinski definition) is 3. The highest BCUT2D eigenvalue weighted by Crippen LogP contribution is 2.27. The third kappa shape index (κ3) is 5.25. The van der Waals surface area contributed by atoms with E-state index in [1.165, 1.54) is 18.6 Å². The Balaban J connectivity index is 1.42. The Morgan fingerprint density at radius 3 is 2.45 bits per heavy atom. The molecule has 0 unspecified atom stereocenters. The summed E-state index contributed by atoms with van der Waals surface area (Å²) in [5.74, 6) is 1.72. The number of anilines is 5. The molecule has 1 aliphatic rings. The van der Waals surface area contributed by atoms with Gasteiger partial charge in [0.25, 0.3) is 0 Å². The van der Waals surface area contributed by atoms with Crippen molar-refractivity contribution in [2.75, 3.05) is 42.0 Å². The molecule has 3 aromatic rings. The maximum Gasteiger partial charge on any atom is 0.179 e. The Kier molecular flexibility index (Phi) is 5.70. The van der Waals surface area contributed by atoms with Gasteiger partial charge in [-0.1, -0.05) is 6.92 Å². The van der Waals surface area contributed by atoms with E-state index in [9.17, 15) is 8.42 Å². The van der Waals surface area contributed by atoms with E-state index in [2.05, 4.69) is 42.8 Å². The highest BCUT2D eigenvalue weighted by molar-refractivity contribution is 7.90. The summed E-state index contributed by atoms with van der Waals surface area (Å²) in [6.07, 6.45) is 5.75. The quantitative estimate of drug-likeness (QED) is 0.479. The third-order valence-electron chi connectivity index (χ3n) is 4.72. The number of sulfone groups is 1. The van der Waals surface area contributed by atoms with E-state index >= 15 is 0 Å². The van der Waals surface area contributed by atoms with Crippen LogP contribution in [0.25, 0.3) is 0 Å². The molecule has 0 amide bonds. The molecular formula is C20H23N7O3S. The predicted octanol–water partition coefficient (Wildman–Crippen LogP) is 2.61. The van der Waals surface area contributed by atoms with Gasteiger partial charge in [0.15, 0.2) is 9.84 Å². The van der Waals surface area contributed by atoms with Crippen molar-refractivity contribution in [1.29, 1.82) is 0 Å². The van der Waals surface area contributed by atoms with Crippen molar-refractivity contribution in [1.82, 2.24) is 19.9 Å². The second-order valence-electron chi connectivity index (χ2n) is 7.75. The molecule has 0 aromatic carbocycles. The molecule has 3 N–H and O–H groups in total. The maximum absolute atomic E-state index is 12.0. The summed E-state index contributed by atoms with van der Waals surface area (Å²) in [7, 11) is -3.44. The minimum atomic E-state index is -3.44. The first-order valence-electron chi connectivity index (χ1n) is 9.60. The minimum absolute atomic E-state index is 0.0928. The van der Waals surface area contributed by atoms with E-state index in [1.54, 1.807) is 18.3 Å². The Labute approximate surface area is 180 Å². The van der Waals surface area contributed by atoms with Crippen LogP contribution in [0.3, 0.4) is 0 Å². The lowest BCUT2D eigenvalue weighted by Gasteiger charge is -2.38. The fraction of sp³-hybridized carbons (Fsp3) is 0.300. The van der Waals surface area contributed by atoms with Gasteiger partial charge in [0.1, 0.15) is 34.5 Å². The van der Waals surface area contributed by atoms with Crippen LogP contribution in [0.15, 0.2) is 53.9 Å². The zero-order valence-corrected chi connectivity index (χ0v) is 18.0. The molecule has 0 saturated carbocycles. The monoisotopic (exact) mass is 441 g/mol. The molecule has 11 heteroatoms. The van der Waals surface area contributed by atoms with Gasteiger partial charge in [0.2, 0.25) is 0 Å². The largest absolute Gasteiger partial charge is 0.383 e. The van der Waals surface area contributed by atoms with Crippen molar-refractivity contribution < 1.29 is 13.2 Å². The number of rotatable bonds is 8. The molecule has 0 spiro atoms. The molecule has 162 valence electrons. The van der Waals surface area contributed by atoms with E-state index < -0.39 is 9.84 Å². The van der Waals surface area contributed by atoms with E-state index in [1.807, 2.05) is 12.1 Å². The lowest BCUT2D eigenvalue weighted by Crippen LogP contribution is -2.45. The molecule has 31 heavy (non-hydrogen) atoms. The number of nitrogens with zero attached hydrogens (tertiary/aromatic N) is 4. The van der Waals surface area contributed by atoms with Gasteiger partial charge in [0.05, 0.1) is 25.1 Å². The number of hydrogen-bond acceptors (Lipinski definition) is 10. The van der Waals surface area contributed by atoms with Crippen LogP contribution in [0.4, 0.5) is 29.0 Å². The highest BCUT2D eigenvalue weighted by Gasteiger charge is 2.32. The molecular weight excluding hydrogens is 418 g/mol. The van der Waals surface area contributed by atoms with Gasteiger partial charge in [-0.25, -0.2) is 28.4 Å². The van der Waals surface area contributed by atoms with Crippen LogP contribution in [0.2, 0.25) is 0 Å². The lowest BCUT2D eigenvalue weighted by molar-refractivity contribution is -0.0924. The van der Waals surface area contributed by atoms with Crippen LogP contribution in [0.1, 0.15) is 6.92 Å². The van der Waals surface area contributed by atoms with Crippen molar-refractivity contribution in [3.8, 4) is 0 Å². The molecule has 1 saturated heterocycles. The van der Waals surface area contributed by atoms with Crippen LogP contribution in [0.5, 0.6) is 0 Å². The molecule has 0 atom stereocenters. The van der Waals surface area contributed by atoms with Crippen molar-refractivity contribution in [2.24, 2.45) is 5.41 Å². The SMILES string of the molecule is CC1(CNc2ccc(Nc3cc(Nc4ncccc4S(C)(=O)=O)ncn3)nc2)COC1. The first kappa shape index (κ1) is 20.9. The smallest absolute Gasteiger partial charge is 0.179 e. The number of aromatic nitrogens is 4. The Bertz CT molecular complexity index is 1170. The van der Waals surface area contributed by atoms with Crippen molar-refractivity contribution in [2.45, 2.75) is 11.8 Å². The van der Waals surface area contributed by atoms with Crippen LogP contribution < -0.4 is 16.0 Å². The van der Waals surface area contributed by atoms with Crippen LogP contribution in [-0.2, 0) is 14.6 Å². The molecule has 0 radical (unpaired) electrons. The van der Waals surface area contributed by atoms with E-state index in [4.69, 9.17) is 4.74 Å². The van der Waals surface area contributed by atoms with Gasteiger partial charge in [-0.15, -0.1) is 0 Å². The average molecular weight is 442 g/mol. The van der Waals surface area contributed by atoms with Gasteiger partial charge in [0, 0.05) is 30.5 Å². The molecule has 1 fully saturated rings. The first-order valence-corrected chi connectivity index (χ1v) is 11.5. The van der Waals surface area contributed by atoms with E-state index in [-0.39, 0.29) is 16.1 Å². The van der Waals surface area contributed by atoms with Gasteiger partial charge in [-0.3, -0.25) is 0 Å². The molecule has 0 aliphatic carbocycles. The number of nitrogens with one attached hydrogen (secondary N) is 3. The summed E-state index contributed by atoms with van der Waals surface area (Å²) in [5, 5.41) is 9.41. The third-order valence-corrected chi connectivity index (χ3v) is 5.85. The first-order chi connectivity index (χ1) is 14.8. The lowest BCUT2D eigenvalue weighted by atomic mass is 9.89. The molecule has 4 rings (SSSR count). The topological polar surface area (TPSA) is 131 Å². The van der Waals surface area contributed by atoms with Gasteiger partial charge < -0.3 is 20.7 Å². The summed E-state index contributed by atoms with van der Waals surface area (Å²) < 4.78 is 29.2. The summed E-state index contributed by atoms with van der Waals surface area (Å²) in [6, 6.07) is 8.48. The molecule has 0 bridgehead atoms. The van der Waals surface area contributed by atoms with Crippen molar-refractivity contribution >= 4 is 38.8 Å². The van der Waals surface area contributed by atoms with Gasteiger partial charge >= 0.3 is 0 Å². The predicted molar refractivity (Wildman–Crippen MR) is 118 cm³/mol. The maximum atomic E-state index is 12.0. The minimum Gasteiger partial charge on any atom is -0.383 e.